The smallest absolute Gasteiger partial charge is 0.201 e. The third kappa shape index (κ3) is 6.54. The van der Waals surface area contributed by atoms with Gasteiger partial charge in [-0.05, 0) is 91.8 Å². The lowest BCUT2D eigenvalue weighted by atomic mass is 9.84. The van der Waals surface area contributed by atoms with Crippen LogP contribution in [0.4, 0.5) is 13.2 Å². The molecule has 0 saturated carbocycles. The predicted octanol–water partition coefficient (Wildman–Crippen LogP) is 10.2. The third-order valence-electron chi connectivity index (χ3n) is 7.15. The van der Waals surface area contributed by atoms with Crippen molar-refractivity contribution in [2.24, 2.45) is 5.92 Å². The van der Waals surface area contributed by atoms with Crippen LogP contribution in [0.1, 0.15) is 64.4 Å². The van der Waals surface area contributed by atoms with Crippen molar-refractivity contribution in [1.29, 1.82) is 0 Å². The lowest BCUT2D eigenvalue weighted by Crippen LogP contribution is -2.05. The molecule has 0 aromatic heterocycles. The number of hydrogen-bond donors (Lipinski definition) is 0. The minimum Gasteiger partial charge on any atom is -0.490 e. The third-order valence-corrected chi connectivity index (χ3v) is 7.15. The summed E-state index contributed by atoms with van der Waals surface area (Å²) < 4.78 is 49.7. The van der Waals surface area contributed by atoms with Crippen molar-refractivity contribution < 1.29 is 17.9 Å². The molecule has 37 heavy (non-hydrogen) atoms. The number of benzene rings is 3. The van der Waals surface area contributed by atoms with E-state index in [0.29, 0.717) is 29.2 Å². The van der Waals surface area contributed by atoms with Gasteiger partial charge in [0.2, 0.25) is 5.82 Å². The first-order chi connectivity index (χ1) is 18.0. The van der Waals surface area contributed by atoms with Gasteiger partial charge in [0.25, 0.3) is 0 Å². The van der Waals surface area contributed by atoms with Crippen molar-refractivity contribution in [3.05, 3.63) is 95.8 Å². The molecule has 0 fully saturated rings. The molecule has 1 unspecified atom stereocenters. The molecule has 4 rings (SSSR count). The highest BCUT2D eigenvalue weighted by atomic mass is 19.2. The number of unbranched alkanes of at least 4 members (excludes halogenated alkanes) is 1. The molecule has 1 aliphatic rings. The van der Waals surface area contributed by atoms with Crippen molar-refractivity contribution in [3.63, 3.8) is 0 Å². The second kappa shape index (κ2) is 12.8. The number of ether oxygens (including phenoxy) is 1. The molecule has 0 N–H and O–H groups in total. The van der Waals surface area contributed by atoms with Crippen LogP contribution in [-0.4, -0.2) is 6.61 Å². The molecular weight excluding hydrogens is 469 g/mol. The van der Waals surface area contributed by atoms with Gasteiger partial charge in [0.1, 0.15) is 5.82 Å². The van der Waals surface area contributed by atoms with Gasteiger partial charge in [-0.1, -0.05) is 68.0 Å². The van der Waals surface area contributed by atoms with Gasteiger partial charge in [0.05, 0.1) is 6.61 Å². The van der Waals surface area contributed by atoms with Gasteiger partial charge in [-0.2, -0.15) is 4.39 Å². The zero-order valence-corrected chi connectivity index (χ0v) is 21.7. The van der Waals surface area contributed by atoms with E-state index < -0.39 is 11.6 Å². The quantitative estimate of drug-likeness (QED) is 0.197. The highest BCUT2D eigenvalue weighted by Gasteiger charge is 2.18. The molecule has 0 saturated heterocycles. The Hall–Kier alpha value is -3.27. The molecule has 1 nitrogen and oxygen atoms in total. The molecule has 3 aromatic carbocycles. The van der Waals surface area contributed by atoms with E-state index >= 15 is 4.39 Å². The average Bonchev–Trinajstić information content (AvgIpc) is 2.92. The highest BCUT2D eigenvalue weighted by Crippen LogP contribution is 2.35. The van der Waals surface area contributed by atoms with Crippen molar-refractivity contribution in [1.82, 2.24) is 0 Å². The van der Waals surface area contributed by atoms with Gasteiger partial charge >= 0.3 is 0 Å². The van der Waals surface area contributed by atoms with Gasteiger partial charge in [0, 0.05) is 11.1 Å². The second-order valence-electron chi connectivity index (χ2n) is 9.73. The van der Waals surface area contributed by atoms with E-state index in [1.54, 1.807) is 36.4 Å². The maximum Gasteiger partial charge on any atom is 0.201 e. The standard InChI is InChI=1S/C33H35F3O/c1-3-5-7-8-23-9-11-24(12-10-23)27-17-18-28(30(34)22-27)25-13-15-26(16-14-25)29-19-20-31(33(36)32(29)35)37-21-6-4-2/h3,5,11,13-20,22-23H,4,6-10,12,21H2,1-2H3. The number of rotatable bonds is 10. The van der Waals surface area contributed by atoms with Crippen LogP contribution in [0.2, 0.25) is 0 Å². The summed E-state index contributed by atoms with van der Waals surface area (Å²) in [6, 6.07) is 15.2. The first-order valence-electron chi connectivity index (χ1n) is 13.3. The summed E-state index contributed by atoms with van der Waals surface area (Å²) in [5, 5.41) is 0. The summed E-state index contributed by atoms with van der Waals surface area (Å²) in [4.78, 5) is 0. The van der Waals surface area contributed by atoms with Crippen LogP contribution in [0.3, 0.4) is 0 Å². The van der Waals surface area contributed by atoms with E-state index in [9.17, 15) is 8.78 Å². The Morgan fingerprint density at radius 2 is 1.59 bits per heavy atom. The number of hydrogen-bond acceptors (Lipinski definition) is 1. The van der Waals surface area contributed by atoms with E-state index in [4.69, 9.17) is 4.74 Å². The fraction of sp³-hybridized carbons (Fsp3) is 0.333. The first kappa shape index (κ1) is 26.8. The molecule has 0 heterocycles. The van der Waals surface area contributed by atoms with Crippen LogP contribution in [0.25, 0.3) is 27.8 Å². The van der Waals surface area contributed by atoms with E-state index in [1.165, 1.54) is 24.1 Å². The summed E-state index contributed by atoms with van der Waals surface area (Å²) in [5.41, 5.74) is 3.99. The monoisotopic (exact) mass is 504 g/mol. The Bertz CT molecular complexity index is 1260. The van der Waals surface area contributed by atoms with E-state index in [2.05, 4.69) is 25.2 Å². The number of halogens is 3. The molecule has 0 amide bonds. The summed E-state index contributed by atoms with van der Waals surface area (Å²) >= 11 is 0. The Labute approximate surface area is 218 Å². The number of allylic oxidation sites excluding steroid dienone is 4. The molecule has 0 bridgehead atoms. The molecule has 4 heteroatoms. The Morgan fingerprint density at radius 1 is 0.892 bits per heavy atom. The van der Waals surface area contributed by atoms with Gasteiger partial charge in [-0.3, -0.25) is 0 Å². The molecule has 1 atom stereocenters. The summed E-state index contributed by atoms with van der Waals surface area (Å²) in [6.07, 6.45) is 13.7. The molecule has 0 spiro atoms. The van der Waals surface area contributed by atoms with Crippen LogP contribution in [-0.2, 0) is 0 Å². The minimum atomic E-state index is -0.986. The molecule has 3 aromatic rings. The van der Waals surface area contributed by atoms with Crippen molar-refractivity contribution >= 4 is 5.57 Å². The van der Waals surface area contributed by atoms with Gasteiger partial charge < -0.3 is 4.74 Å². The molecule has 0 radical (unpaired) electrons. The Morgan fingerprint density at radius 3 is 2.24 bits per heavy atom. The Kier molecular flexibility index (Phi) is 9.27. The second-order valence-corrected chi connectivity index (χ2v) is 9.73. The Balaban J connectivity index is 1.47. The summed E-state index contributed by atoms with van der Waals surface area (Å²) in [5.74, 6) is -1.59. The minimum absolute atomic E-state index is 0.0780. The molecular formula is C33H35F3O. The van der Waals surface area contributed by atoms with E-state index in [-0.39, 0.29) is 17.1 Å². The van der Waals surface area contributed by atoms with Crippen LogP contribution < -0.4 is 4.74 Å². The zero-order valence-electron chi connectivity index (χ0n) is 21.7. The summed E-state index contributed by atoms with van der Waals surface area (Å²) in [6.45, 7) is 4.40. The van der Waals surface area contributed by atoms with E-state index in [0.717, 1.165) is 44.1 Å². The maximum absolute atomic E-state index is 15.1. The van der Waals surface area contributed by atoms with Crippen molar-refractivity contribution in [3.8, 4) is 28.0 Å². The first-order valence-corrected chi connectivity index (χ1v) is 13.3. The largest absolute Gasteiger partial charge is 0.490 e. The van der Waals surface area contributed by atoms with Crippen molar-refractivity contribution in [2.75, 3.05) is 6.61 Å². The van der Waals surface area contributed by atoms with Crippen LogP contribution in [0.15, 0.2) is 72.8 Å². The van der Waals surface area contributed by atoms with Gasteiger partial charge in [-0.15, -0.1) is 0 Å². The summed E-state index contributed by atoms with van der Waals surface area (Å²) in [7, 11) is 0. The fourth-order valence-electron chi connectivity index (χ4n) is 4.88. The van der Waals surface area contributed by atoms with Crippen LogP contribution >= 0.6 is 0 Å². The lowest BCUT2D eigenvalue weighted by Gasteiger charge is -2.22. The predicted molar refractivity (Wildman–Crippen MR) is 147 cm³/mol. The van der Waals surface area contributed by atoms with Crippen molar-refractivity contribution in [2.45, 2.75) is 58.8 Å². The average molecular weight is 505 g/mol. The van der Waals surface area contributed by atoms with Crippen LogP contribution in [0, 0.1) is 23.4 Å². The van der Waals surface area contributed by atoms with Crippen LogP contribution in [0.5, 0.6) is 5.75 Å². The van der Waals surface area contributed by atoms with Gasteiger partial charge in [-0.25, -0.2) is 8.78 Å². The molecule has 1 aliphatic carbocycles. The highest BCUT2D eigenvalue weighted by molar-refractivity contribution is 5.74. The maximum atomic E-state index is 15.1. The SMILES string of the molecule is CC=CCCC1CC=C(c2ccc(-c3ccc(-c4ccc(OCCCC)c(F)c4F)cc3)c(F)c2)CC1. The van der Waals surface area contributed by atoms with E-state index in [1.807, 2.05) is 13.0 Å². The topological polar surface area (TPSA) is 9.23 Å². The normalized spacial score (nSPS) is 15.7. The zero-order chi connectivity index (χ0) is 26.2. The molecule has 0 aliphatic heterocycles. The van der Waals surface area contributed by atoms with Gasteiger partial charge in [0.15, 0.2) is 11.6 Å². The lowest BCUT2D eigenvalue weighted by molar-refractivity contribution is 0.289. The molecule has 194 valence electrons. The fourth-order valence-corrected chi connectivity index (χ4v) is 4.88.